The van der Waals surface area contributed by atoms with Gasteiger partial charge in [0.25, 0.3) is 0 Å². The van der Waals surface area contributed by atoms with Crippen molar-refractivity contribution in [2.45, 2.75) is 0 Å². The first-order valence-corrected chi connectivity index (χ1v) is 8.93. The molecular formula is C24H24NO+. The Labute approximate surface area is 155 Å². The largest absolute Gasteiger partial charge is 0.330 e. The van der Waals surface area contributed by atoms with Crippen molar-refractivity contribution in [1.29, 1.82) is 0 Å². The number of piperidine rings is 1. The molecule has 1 unspecified atom stereocenters. The zero-order chi connectivity index (χ0) is 18.2. The predicted molar refractivity (Wildman–Crippen MR) is 109 cm³/mol. The summed E-state index contributed by atoms with van der Waals surface area (Å²) in [4.78, 5) is 14.1. The fraction of sp³-hybridized carbons (Fsp3) is 0.125. The van der Waals surface area contributed by atoms with E-state index in [-0.39, 0.29) is 5.78 Å². The van der Waals surface area contributed by atoms with Crippen molar-refractivity contribution >= 4 is 17.9 Å². The van der Waals surface area contributed by atoms with Gasteiger partial charge in [-0.2, -0.15) is 0 Å². The first-order chi connectivity index (χ1) is 12.7. The van der Waals surface area contributed by atoms with Crippen LogP contribution in [0.25, 0.3) is 12.2 Å². The van der Waals surface area contributed by atoms with Gasteiger partial charge in [-0.05, 0) is 23.3 Å². The number of nitrogens with one attached hydrogen (secondary N) is 1. The van der Waals surface area contributed by atoms with Crippen molar-refractivity contribution in [2.75, 3.05) is 20.1 Å². The van der Waals surface area contributed by atoms with E-state index < -0.39 is 0 Å². The third kappa shape index (κ3) is 5.01. The fourth-order valence-corrected chi connectivity index (χ4v) is 3.03. The van der Waals surface area contributed by atoms with Gasteiger partial charge in [0.15, 0.2) is 5.78 Å². The molecule has 0 radical (unpaired) electrons. The van der Waals surface area contributed by atoms with Gasteiger partial charge in [-0.3, -0.25) is 4.79 Å². The van der Waals surface area contributed by atoms with E-state index in [1.165, 1.54) is 4.90 Å². The van der Waals surface area contributed by atoms with Gasteiger partial charge in [-0.1, -0.05) is 85.0 Å². The van der Waals surface area contributed by atoms with E-state index in [1.807, 2.05) is 72.9 Å². The fourth-order valence-electron chi connectivity index (χ4n) is 3.03. The molecule has 2 nitrogen and oxygen atoms in total. The summed E-state index contributed by atoms with van der Waals surface area (Å²) in [7, 11) is 2.12. The number of carbonyl (C=O) groups excluding carboxylic acids is 1. The highest BCUT2D eigenvalue weighted by Crippen LogP contribution is 2.10. The molecule has 3 rings (SSSR count). The normalized spacial score (nSPS) is 21.3. The Morgan fingerprint density at radius 3 is 1.58 bits per heavy atom. The van der Waals surface area contributed by atoms with E-state index in [9.17, 15) is 4.79 Å². The Kier molecular flexibility index (Phi) is 6.13. The van der Waals surface area contributed by atoms with E-state index in [2.05, 4.69) is 31.3 Å². The molecule has 2 aromatic carbocycles. The van der Waals surface area contributed by atoms with E-state index in [0.29, 0.717) is 0 Å². The maximum Gasteiger partial charge on any atom is 0.196 e. The summed E-state index contributed by atoms with van der Waals surface area (Å²) < 4.78 is 0. The molecule has 1 fully saturated rings. The van der Waals surface area contributed by atoms with Gasteiger partial charge in [-0.15, -0.1) is 0 Å². The third-order valence-corrected chi connectivity index (χ3v) is 4.34. The smallest absolute Gasteiger partial charge is 0.196 e. The average molecular weight is 342 g/mol. The topological polar surface area (TPSA) is 21.5 Å². The molecule has 0 aliphatic carbocycles. The number of carbonyl (C=O) groups is 1. The molecular weight excluding hydrogens is 318 g/mol. The van der Waals surface area contributed by atoms with Crippen LogP contribution in [-0.2, 0) is 4.79 Å². The number of likely N-dealkylation sites (tertiary alicyclic amines) is 1. The van der Waals surface area contributed by atoms with Gasteiger partial charge in [0.1, 0.15) is 13.1 Å². The van der Waals surface area contributed by atoms with Crippen LogP contribution in [0.5, 0.6) is 0 Å². The molecule has 0 bridgehead atoms. The number of allylic oxidation sites excluding steroid dienone is 4. The molecule has 1 aliphatic heterocycles. The Bertz CT molecular complexity index is 786. The molecule has 0 spiro atoms. The first kappa shape index (κ1) is 17.8. The molecule has 0 aromatic heterocycles. The van der Waals surface area contributed by atoms with E-state index in [4.69, 9.17) is 0 Å². The number of rotatable bonds is 4. The van der Waals surface area contributed by atoms with Crippen LogP contribution < -0.4 is 4.90 Å². The second kappa shape index (κ2) is 8.93. The summed E-state index contributed by atoms with van der Waals surface area (Å²) in [6.45, 7) is 1.52. The van der Waals surface area contributed by atoms with Crippen LogP contribution in [0.4, 0.5) is 0 Å². The molecule has 130 valence electrons. The van der Waals surface area contributed by atoms with Gasteiger partial charge in [0.2, 0.25) is 0 Å². The van der Waals surface area contributed by atoms with Crippen molar-refractivity contribution < 1.29 is 9.69 Å². The number of likely N-dealkylation sites (N-methyl/N-ethyl adjacent to an activating group) is 1. The zero-order valence-electron chi connectivity index (χ0n) is 15.1. The summed E-state index contributed by atoms with van der Waals surface area (Å²) in [5, 5.41) is 0. The van der Waals surface area contributed by atoms with E-state index >= 15 is 0 Å². The molecule has 1 atom stereocenters. The SMILES string of the molecule is C[NH+]1CC(=CC=Cc2ccccc2)C(=O)/C(=C/C=C/c2ccccc2)C1. The summed E-state index contributed by atoms with van der Waals surface area (Å²) in [5.74, 6) is 0.158. The molecule has 1 N–H and O–H groups in total. The quantitative estimate of drug-likeness (QED) is 0.846. The molecule has 2 aromatic rings. The lowest BCUT2D eigenvalue weighted by atomic mass is 9.97. The van der Waals surface area contributed by atoms with Crippen LogP contribution in [0, 0.1) is 0 Å². The standard InChI is InChI=1S/C24H23NO/c1-25-18-22(16-8-14-20-10-4-2-5-11-20)24(26)23(19-25)17-9-15-21-12-6-3-7-13-21/h2-17H,18-19H2,1H3/p+1/b14-8+,15-9?,22-16+,23-17?. The molecule has 26 heavy (non-hydrogen) atoms. The summed E-state index contributed by atoms with van der Waals surface area (Å²) in [6, 6.07) is 20.2. The van der Waals surface area contributed by atoms with Gasteiger partial charge in [0.05, 0.1) is 18.2 Å². The molecule has 1 aliphatic rings. The van der Waals surface area contributed by atoms with Gasteiger partial charge in [0, 0.05) is 0 Å². The minimum absolute atomic E-state index is 0.158. The highest BCUT2D eigenvalue weighted by atomic mass is 16.1. The average Bonchev–Trinajstić information content (AvgIpc) is 2.67. The molecule has 0 saturated carbocycles. The molecule has 1 heterocycles. The molecule has 1 saturated heterocycles. The van der Waals surface area contributed by atoms with Crippen LogP contribution in [0.15, 0.2) is 96.1 Å². The first-order valence-electron chi connectivity index (χ1n) is 8.93. The lowest BCUT2D eigenvalue weighted by Crippen LogP contribution is -3.10. The summed E-state index contributed by atoms with van der Waals surface area (Å²) >= 11 is 0. The lowest BCUT2D eigenvalue weighted by molar-refractivity contribution is -0.870. The number of hydrogen-bond acceptors (Lipinski definition) is 1. The molecule has 2 heteroatoms. The monoisotopic (exact) mass is 342 g/mol. The Hall–Kier alpha value is -2.97. The highest BCUT2D eigenvalue weighted by molar-refractivity contribution is 6.09. The second-order valence-electron chi connectivity index (χ2n) is 6.56. The lowest BCUT2D eigenvalue weighted by Gasteiger charge is -2.22. The third-order valence-electron chi connectivity index (χ3n) is 4.34. The van der Waals surface area contributed by atoms with Crippen LogP contribution in [0.1, 0.15) is 11.1 Å². The Morgan fingerprint density at radius 1 is 0.731 bits per heavy atom. The number of quaternary nitrogens is 1. The van der Waals surface area contributed by atoms with E-state index in [1.54, 1.807) is 0 Å². The minimum atomic E-state index is 0.158. The van der Waals surface area contributed by atoms with Crippen molar-refractivity contribution in [1.82, 2.24) is 0 Å². The number of Topliss-reactive ketones (excluding diaryl/α,β-unsaturated/α-hetero) is 1. The number of hydrogen-bond donors (Lipinski definition) is 1. The summed E-state index contributed by atoms with van der Waals surface area (Å²) in [5.41, 5.74) is 3.99. The van der Waals surface area contributed by atoms with Crippen LogP contribution in [0.3, 0.4) is 0 Å². The molecule has 0 amide bonds. The van der Waals surface area contributed by atoms with Gasteiger partial charge >= 0.3 is 0 Å². The zero-order valence-corrected chi connectivity index (χ0v) is 15.1. The number of ketones is 1. The van der Waals surface area contributed by atoms with Crippen LogP contribution in [0.2, 0.25) is 0 Å². The maximum atomic E-state index is 12.7. The van der Waals surface area contributed by atoms with Gasteiger partial charge in [-0.25, -0.2) is 0 Å². The minimum Gasteiger partial charge on any atom is -0.330 e. The van der Waals surface area contributed by atoms with Gasteiger partial charge < -0.3 is 4.90 Å². The van der Waals surface area contributed by atoms with E-state index in [0.717, 1.165) is 35.4 Å². The van der Waals surface area contributed by atoms with Crippen LogP contribution >= 0.6 is 0 Å². The number of benzene rings is 2. The summed E-state index contributed by atoms with van der Waals surface area (Å²) in [6.07, 6.45) is 11.9. The van der Waals surface area contributed by atoms with Crippen molar-refractivity contribution in [2.24, 2.45) is 0 Å². The Balaban J connectivity index is 1.73. The van der Waals surface area contributed by atoms with Crippen molar-refractivity contribution in [3.8, 4) is 0 Å². The second-order valence-corrected chi connectivity index (χ2v) is 6.56. The highest BCUT2D eigenvalue weighted by Gasteiger charge is 2.25. The van der Waals surface area contributed by atoms with Crippen molar-refractivity contribution in [3.63, 3.8) is 0 Å². The predicted octanol–water partition coefficient (Wildman–Crippen LogP) is 3.36. The Morgan fingerprint density at radius 2 is 1.15 bits per heavy atom. The van der Waals surface area contributed by atoms with Crippen molar-refractivity contribution in [3.05, 3.63) is 107 Å². The maximum absolute atomic E-state index is 12.7. The van der Waals surface area contributed by atoms with Crippen LogP contribution in [-0.4, -0.2) is 25.9 Å².